The van der Waals surface area contributed by atoms with E-state index in [1.165, 1.54) is 38.5 Å². The first-order valence-corrected chi connectivity index (χ1v) is 7.18. The molecular formula is C15H21NO3. The average molecular weight is 263 g/mol. The summed E-state index contributed by atoms with van der Waals surface area (Å²) in [6.07, 6.45) is 7.81. The van der Waals surface area contributed by atoms with Gasteiger partial charge in [-0.15, -0.1) is 0 Å². The Labute approximate surface area is 113 Å². The van der Waals surface area contributed by atoms with Crippen LogP contribution in [0.15, 0.2) is 12.1 Å². The summed E-state index contributed by atoms with van der Waals surface area (Å²) < 4.78 is 10.6. The standard InChI is InChI=1S/C15H21NO3/c17-13-8-15-14(18-10-19-15)7-11(13)9-16-12-5-3-1-2-4-6-12/h7-8,12,16-17H,1-6,9-10H2. The van der Waals surface area contributed by atoms with Crippen LogP contribution in [0.2, 0.25) is 0 Å². The quantitative estimate of drug-likeness (QED) is 0.823. The Morgan fingerprint density at radius 2 is 1.74 bits per heavy atom. The summed E-state index contributed by atoms with van der Waals surface area (Å²) in [4.78, 5) is 0. The normalized spacial score (nSPS) is 19.4. The minimum atomic E-state index is 0.244. The molecule has 0 bridgehead atoms. The molecule has 0 saturated heterocycles. The molecule has 2 aliphatic rings. The molecule has 2 N–H and O–H groups in total. The molecular weight excluding hydrogens is 242 g/mol. The molecule has 0 spiro atoms. The zero-order valence-corrected chi connectivity index (χ0v) is 11.2. The summed E-state index contributed by atoms with van der Waals surface area (Å²) in [6.45, 7) is 0.932. The maximum absolute atomic E-state index is 9.98. The van der Waals surface area contributed by atoms with Gasteiger partial charge in [-0.3, -0.25) is 0 Å². The van der Waals surface area contributed by atoms with Gasteiger partial charge in [0.15, 0.2) is 11.5 Å². The monoisotopic (exact) mass is 263 g/mol. The van der Waals surface area contributed by atoms with E-state index in [2.05, 4.69) is 5.32 Å². The van der Waals surface area contributed by atoms with Crippen molar-refractivity contribution < 1.29 is 14.6 Å². The van der Waals surface area contributed by atoms with Crippen molar-refractivity contribution >= 4 is 0 Å². The minimum absolute atomic E-state index is 0.244. The summed E-state index contributed by atoms with van der Waals surface area (Å²) >= 11 is 0. The molecule has 0 unspecified atom stereocenters. The summed E-state index contributed by atoms with van der Waals surface area (Å²) in [6, 6.07) is 4.10. The maximum atomic E-state index is 9.98. The van der Waals surface area contributed by atoms with E-state index in [-0.39, 0.29) is 12.5 Å². The molecule has 1 aromatic rings. The number of phenols is 1. The molecule has 1 aromatic carbocycles. The number of hydrogen-bond acceptors (Lipinski definition) is 4. The molecule has 0 atom stereocenters. The molecule has 1 saturated carbocycles. The summed E-state index contributed by atoms with van der Waals surface area (Å²) in [7, 11) is 0. The van der Waals surface area contributed by atoms with Crippen molar-refractivity contribution in [2.24, 2.45) is 0 Å². The van der Waals surface area contributed by atoms with Crippen molar-refractivity contribution in [3.8, 4) is 17.2 Å². The summed E-state index contributed by atoms with van der Waals surface area (Å²) in [5.74, 6) is 1.65. The van der Waals surface area contributed by atoms with E-state index < -0.39 is 0 Å². The third-order valence-corrected chi connectivity index (χ3v) is 4.01. The SMILES string of the molecule is Oc1cc2c(cc1CNC1CCCCCC1)OCO2. The second kappa shape index (κ2) is 5.70. The van der Waals surface area contributed by atoms with Gasteiger partial charge in [-0.25, -0.2) is 0 Å². The number of rotatable bonds is 3. The van der Waals surface area contributed by atoms with Crippen molar-refractivity contribution in [2.45, 2.75) is 51.1 Å². The van der Waals surface area contributed by atoms with Crippen LogP contribution in [-0.4, -0.2) is 17.9 Å². The van der Waals surface area contributed by atoms with Gasteiger partial charge in [-0.2, -0.15) is 0 Å². The minimum Gasteiger partial charge on any atom is -0.507 e. The molecule has 4 nitrogen and oxygen atoms in total. The number of aromatic hydroxyl groups is 1. The lowest BCUT2D eigenvalue weighted by Gasteiger charge is -2.16. The molecule has 1 aliphatic carbocycles. The van der Waals surface area contributed by atoms with Crippen molar-refractivity contribution in [2.75, 3.05) is 6.79 Å². The van der Waals surface area contributed by atoms with E-state index in [4.69, 9.17) is 9.47 Å². The molecule has 1 fully saturated rings. The van der Waals surface area contributed by atoms with Crippen molar-refractivity contribution in [1.82, 2.24) is 5.32 Å². The lowest BCUT2D eigenvalue weighted by molar-refractivity contribution is 0.174. The third-order valence-electron chi connectivity index (χ3n) is 4.01. The highest BCUT2D eigenvalue weighted by atomic mass is 16.7. The van der Waals surface area contributed by atoms with Crippen LogP contribution in [0.4, 0.5) is 0 Å². The van der Waals surface area contributed by atoms with Crippen molar-refractivity contribution in [1.29, 1.82) is 0 Å². The van der Waals surface area contributed by atoms with Gasteiger partial charge >= 0.3 is 0 Å². The Morgan fingerprint density at radius 1 is 1.05 bits per heavy atom. The molecule has 1 heterocycles. The van der Waals surface area contributed by atoms with E-state index in [0.29, 0.717) is 18.3 Å². The number of benzene rings is 1. The van der Waals surface area contributed by atoms with E-state index in [1.807, 2.05) is 6.07 Å². The Morgan fingerprint density at radius 3 is 2.47 bits per heavy atom. The summed E-state index contributed by atoms with van der Waals surface area (Å²) in [5, 5.41) is 13.5. The van der Waals surface area contributed by atoms with Crippen LogP contribution in [-0.2, 0) is 6.54 Å². The number of phenolic OH excluding ortho intramolecular Hbond substituents is 1. The van der Waals surface area contributed by atoms with Gasteiger partial charge in [0, 0.05) is 24.2 Å². The van der Waals surface area contributed by atoms with Gasteiger partial charge in [0.25, 0.3) is 0 Å². The predicted octanol–water partition coefficient (Wildman–Crippen LogP) is 2.93. The van der Waals surface area contributed by atoms with Crippen molar-refractivity contribution in [3.05, 3.63) is 17.7 Å². The zero-order chi connectivity index (χ0) is 13.1. The molecule has 3 rings (SSSR count). The molecule has 0 aromatic heterocycles. The summed E-state index contributed by atoms with van der Waals surface area (Å²) in [5.41, 5.74) is 0.883. The number of fused-ring (bicyclic) bond motifs is 1. The molecule has 4 heteroatoms. The van der Waals surface area contributed by atoms with Crippen LogP contribution in [0, 0.1) is 0 Å². The first-order valence-electron chi connectivity index (χ1n) is 7.18. The number of ether oxygens (including phenoxy) is 2. The second-order valence-corrected chi connectivity index (χ2v) is 5.40. The Kier molecular flexibility index (Phi) is 3.78. The van der Waals surface area contributed by atoms with Gasteiger partial charge in [-0.05, 0) is 18.9 Å². The smallest absolute Gasteiger partial charge is 0.231 e. The van der Waals surface area contributed by atoms with E-state index in [1.54, 1.807) is 6.07 Å². The Bertz CT molecular complexity index is 439. The maximum Gasteiger partial charge on any atom is 0.231 e. The molecule has 1 aliphatic heterocycles. The highest BCUT2D eigenvalue weighted by Crippen LogP contribution is 2.37. The Balaban J connectivity index is 1.63. The average Bonchev–Trinajstić information content (AvgIpc) is 2.70. The predicted molar refractivity (Wildman–Crippen MR) is 72.6 cm³/mol. The van der Waals surface area contributed by atoms with Crippen molar-refractivity contribution in [3.63, 3.8) is 0 Å². The largest absolute Gasteiger partial charge is 0.507 e. The molecule has 19 heavy (non-hydrogen) atoms. The van der Waals surface area contributed by atoms with Crippen LogP contribution in [0.25, 0.3) is 0 Å². The van der Waals surface area contributed by atoms with Gasteiger partial charge in [0.2, 0.25) is 6.79 Å². The van der Waals surface area contributed by atoms with Gasteiger partial charge in [0.05, 0.1) is 0 Å². The van der Waals surface area contributed by atoms with Gasteiger partial charge < -0.3 is 19.9 Å². The highest BCUT2D eigenvalue weighted by Gasteiger charge is 2.18. The number of hydrogen-bond donors (Lipinski definition) is 2. The zero-order valence-electron chi connectivity index (χ0n) is 11.2. The van der Waals surface area contributed by atoms with Crippen LogP contribution >= 0.6 is 0 Å². The first kappa shape index (κ1) is 12.6. The second-order valence-electron chi connectivity index (χ2n) is 5.40. The lowest BCUT2D eigenvalue weighted by Crippen LogP contribution is -2.27. The fourth-order valence-corrected chi connectivity index (χ4v) is 2.85. The fraction of sp³-hybridized carbons (Fsp3) is 0.600. The van der Waals surface area contributed by atoms with Crippen LogP contribution < -0.4 is 14.8 Å². The third kappa shape index (κ3) is 2.95. The first-order chi connectivity index (χ1) is 9.33. The Hall–Kier alpha value is -1.42. The number of nitrogens with one attached hydrogen (secondary N) is 1. The molecule has 0 amide bonds. The fourth-order valence-electron chi connectivity index (χ4n) is 2.85. The van der Waals surface area contributed by atoms with Gasteiger partial charge in [0.1, 0.15) is 5.75 Å². The van der Waals surface area contributed by atoms with Gasteiger partial charge in [-0.1, -0.05) is 25.7 Å². The van der Waals surface area contributed by atoms with E-state index in [9.17, 15) is 5.11 Å². The topological polar surface area (TPSA) is 50.7 Å². The van der Waals surface area contributed by atoms with E-state index in [0.717, 1.165) is 11.3 Å². The van der Waals surface area contributed by atoms with Crippen LogP contribution in [0.1, 0.15) is 44.1 Å². The van der Waals surface area contributed by atoms with E-state index >= 15 is 0 Å². The van der Waals surface area contributed by atoms with Crippen LogP contribution in [0.3, 0.4) is 0 Å². The molecule has 104 valence electrons. The molecule has 0 radical (unpaired) electrons. The van der Waals surface area contributed by atoms with Crippen LogP contribution in [0.5, 0.6) is 17.2 Å². The highest BCUT2D eigenvalue weighted by molar-refractivity contribution is 5.51. The lowest BCUT2D eigenvalue weighted by atomic mass is 10.1.